The van der Waals surface area contributed by atoms with Crippen LogP contribution in [0.3, 0.4) is 0 Å². The molecule has 0 aromatic heterocycles. The molecule has 1 aliphatic heterocycles. The maximum absolute atomic E-state index is 12.7. The van der Waals surface area contributed by atoms with Crippen LogP contribution in [0.5, 0.6) is 0 Å². The topological polar surface area (TPSA) is 32.3 Å². The summed E-state index contributed by atoms with van der Waals surface area (Å²) in [4.78, 5) is 15.1. The standard InChI is InChI=1S/C22H28N2O/c1-16(2)20-9-7-8-17(3)21(20)23-22(25)18-10-12-19(13-11-18)24-14-5-4-6-15-24/h7-13,16H,4-6,14-15H2,1-3H3,(H,23,25). The Morgan fingerprint density at radius 1 is 1.00 bits per heavy atom. The number of rotatable bonds is 4. The van der Waals surface area contributed by atoms with E-state index in [1.165, 1.54) is 30.5 Å². The van der Waals surface area contributed by atoms with Crippen LogP contribution in [0.2, 0.25) is 0 Å². The first-order valence-corrected chi connectivity index (χ1v) is 9.32. The Morgan fingerprint density at radius 3 is 2.32 bits per heavy atom. The number of nitrogens with one attached hydrogen (secondary N) is 1. The minimum Gasteiger partial charge on any atom is -0.372 e. The molecule has 2 aromatic rings. The number of hydrogen-bond donors (Lipinski definition) is 1. The Labute approximate surface area is 151 Å². The molecule has 1 amide bonds. The first-order chi connectivity index (χ1) is 12.1. The molecule has 1 N–H and O–H groups in total. The van der Waals surface area contributed by atoms with Gasteiger partial charge in [0.05, 0.1) is 0 Å². The number of aryl methyl sites for hydroxylation is 1. The molecule has 3 nitrogen and oxygen atoms in total. The highest BCUT2D eigenvalue weighted by atomic mass is 16.1. The van der Waals surface area contributed by atoms with Crippen molar-refractivity contribution >= 4 is 17.3 Å². The Kier molecular flexibility index (Phi) is 5.42. The van der Waals surface area contributed by atoms with Gasteiger partial charge < -0.3 is 10.2 Å². The average Bonchev–Trinajstić information content (AvgIpc) is 2.64. The van der Waals surface area contributed by atoms with E-state index in [1.807, 2.05) is 31.2 Å². The number of benzene rings is 2. The summed E-state index contributed by atoms with van der Waals surface area (Å²) in [6.07, 6.45) is 3.84. The molecule has 0 atom stereocenters. The van der Waals surface area contributed by atoms with Crippen molar-refractivity contribution in [2.75, 3.05) is 23.3 Å². The van der Waals surface area contributed by atoms with Crippen LogP contribution < -0.4 is 10.2 Å². The lowest BCUT2D eigenvalue weighted by Gasteiger charge is -2.28. The minimum atomic E-state index is -0.0404. The second kappa shape index (κ2) is 7.73. The Balaban J connectivity index is 1.76. The van der Waals surface area contributed by atoms with Crippen molar-refractivity contribution in [3.63, 3.8) is 0 Å². The number of para-hydroxylation sites is 1. The Bertz CT molecular complexity index is 728. The number of anilines is 2. The normalized spacial score (nSPS) is 14.6. The molecule has 0 aliphatic carbocycles. The lowest BCUT2D eigenvalue weighted by Crippen LogP contribution is -2.29. The maximum atomic E-state index is 12.7. The molecular formula is C22H28N2O. The Hall–Kier alpha value is -2.29. The van der Waals surface area contributed by atoms with Gasteiger partial charge in [-0.1, -0.05) is 32.0 Å². The van der Waals surface area contributed by atoms with Crippen LogP contribution in [0.25, 0.3) is 0 Å². The molecule has 0 spiro atoms. The van der Waals surface area contributed by atoms with Gasteiger partial charge in [0.1, 0.15) is 0 Å². The highest BCUT2D eigenvalue weighted by Gasteiger charge is 2.15. The van der Waals surface area contributed by atoms with E-state index in [0.29, 0.717) is 11.5 Å². The van der Waals surface area contributed by atoms with Crippen LogP contribution in [0.1, 0.15) is 60.5 Å². The van der Waals surface area contributed by atoms with E-state index >= 15 is 0 Å². The fourth-order valence-electron chi connectivity index (χ4n) is 3.50. The van der Waals surface area contributed by atoms with Crippen LogP contribution in [-0.2, 0) is 0 Å². The van der Waals surface area contributed by atoms with E-state index in [4.69, 9.17) is 0 Å². The molecule has 0 bridgehead atoms. The van der Waals surface area contributed by atoms with E-state index in [0.717, 1.165) is 24.3 Å². The summed E-state index contributed by atoms with van der Waals surface area (Å²) < 4.78 is 0. The molecule has 1 saturated heterocycles. The SMILES string of the molecule is Cc1cccc(C(C)C)c1NC(=O)c1ccc(N2CCCCC2)cc1. The average molecular weight is 336 g/mol. The monoisotopic (exact) mass is 336 g/mol. The lowest BCUT2D eigenvalue weighted by molar-refractivity contribution is 0.102. The zero-order valence-corrected chi connectivity index (χ0v) is 15.5. The summed E-state index contributed by atoms with van der Waals surface area (Å²) >= 11 is 0. The molecule has 1 heterocycles. The largest absolute Gasteiger partial charge is 0.372 e. The maximum Gasteiger partial charge on any atom is 0.255 e. The van der Waals surface area contributed by atoms with E-state index in [9.17, 15) is 4.79 Å². The molecule has 132 valence electrons. The third-order valence-electron chi connectivity index (χ3n) is 5.02. The first kappa shape index (κ1) is 17.5. The predicted octanol–water partition coefficient (Wildman–Crippen LogP) is 5.36. The smallest absolute Gasteiger partial charge is 0.255 e. The van der Waals surface area contributed by atoms with Gasteiger partial charge in [-0.25, -0.2) is 0 Å². The van der Waals surface area contributed by atoms with Crippen LogP contribution in [0.4, 0.5) is 11.4 Å². The summed E-state index contributed by atoms with van der Waals surface area (Å²) in [5, 5.41) is 3.12. The summed E-state index contributed by atoms with van der Waals surface area (Å²) in [5.41, 5.74) is 5.15. The fourth-order valence-corrected chi connectivity index (χ4v) is 3.50. The van der Waals surface area contributed by atoms with Crippen molar-refractivity contribution in [1.82, 2.24) is 0 Å². The number of amides is 1. The van der Waals surface area contributed by atoms with Gasteiger partial charge in [0.15, 0.2) is 0 Å². The van der Waals surface area contributed by atoms with Gasteiger partial charge in [0.2, 0.25) is 0 Å². The van der Waals surface area contributed by atoms with Crippen molar-refractivity contribution in [2.45, 2.75) is 46.0 Å². The van der Waals surface area contributed by atoms with E-state index in [2.05, 4.69) is 42.3 Å². The first-order valence-electron chi connectivity index (χ1n) is 9.32. The van der Waals surface area contributed by atoms with Gasteiger partial charge in [0, 0.05) is 30.0 Å². The fraction of sp³-hybridized carbons (Fsp3) is 0.409. The lowest BCUT2D eigenvalue weighted by atomic mass is 9.98. The zero-order valence-electron chi connectivity index (χ0n) is 15.5. The molecule has 1 aliphatic rings. The van der Waals surface area contributed by atoms with E-state index in [1.54, 1.807) is 0 Å². The molecule has 0 radical (unpaired) electrons. The molecule has 3 heteroatoms. The van der Waals surface area contributed by atoms with Crippen molar-refractivity contribution in [3.05, 3.63) is 59.2 Å². The van der Waals surface area contributed by atoms with Gasteiger partial charge in [0.25, 0.3) is 5.91 Å². The van der Waals surface area contributed by atoms with Crippen LogP contribution in [0, 0.1) is 6.92 Å². The van der Waals surface area contributed by atoms with E-state index in [-0.39, 0.29) is 5.91 Å². The highest BCUT2D eigenvalue weighted by Crippen LogP contribution is 2.28. The van der Waals surface area contributed by atoms with Crippen molar-refractivity contribution < 1.29 is 4.79 Å². The van der Waals surface area contributed by atoms with Gasteiger partial charge in [-0.05, 0) is 67.5 Å². The Morgan fingerprint density at radius 2 is 1.68 bits per heavy atom. The van der Waals surface area contributed by atoms with Crippen molar-refractivity contribution in [2.24, 2.45) is 0 Å². The number of piperidine rings is 1. The van der Waals surface area contributed by atoms with Crippen LogP contribution in [0.15, 0.2) is 42.5 Å². The third kappa shape index (κ3) is 4.04. The second-order valence-electron chi connectivity index (χ2n) is 7.24. The number of carbonyl (C=O) groups is 1. The summed E-state index contributed by atoms with van der Waals surface area (Å²) in [6.45, 7) is 8.58. The summed E-state index contributed by atoms with van der Waals surface area (Å²) in [5.74, 6) is 0.332. The van der Waals surface area contributed by atoms with Crippen LogP contribution in [-0.4, -0.2) is 19.0 Å². The predicted molar refractivity (Wildman–Crippen MR) is 106 cm³/mol. The highest BCUT2D eigenvalue weighted by molar-refractivity contribution is 6.05. The molecule has 3 rings (SSSR count). The minimum absolute atomic E-state index is 0.0404. The molecule has 0 unspecified atom stereocenters. The zero-order chi connectivity index (χ0) is 17.8. The third-order valence-corrected chi connectivity index (χ3v) is 5.02. The van der Waals surface area contributed by atoms with Crippen molar-refractivity contribution in [1.29, 1.82) is 0 Å². The molecular weight excluding hydrogens is 308 g/mol. The number of hydrogen-bond acceptors (Lipinski definition) is 2. The van der Waals surface area contributed by atoms with Gasteiger partial charge in [-0.2, -0.15) is 0 Å². The number of nitrogens with zero attached hydrogens (tertiary/aromatic N) is 1. The summed E-state index contributed by atoms with van der Waals surface area (Å²) in [6, 6.07) is 14.2. The molecule has 1 fully saturated rings. The molecule has 0 saturated carbocycles. The number of carbonyl (C=O) groups excluding carboxylic acids is 1. The van der Waals surface area contributed by atoms with Crippen LogP contribution >= 0.6 is 0 Å². The second-order valence-corrected chi connectivity index (χ2v) is 7.24. The quantitative estimate of drug-likeness (QED) is 0.815. The molecule has 25 heavy (non-hydrogen) atoms. The van der Waals surface area contributed by atoms with Crippen molar-refractivity contribution in [3.8, 4) is 0 Å². The van der Waals surface area contributed by atoms with Gasteiger partial charge in [-0.3, -0.25) is 4.79 Å². The molecule has 2 aromatic carbocycles. The van der Waals surface area contributed by atoms with E-state index < -0.39 is 0 Å². The summed E-state index contributed by atoms with van der Waals surface area (Å²) in [7, 11) is 0. The van der Waals surface area contributed by atoms with Gasteiger partial charge in [-0.15, -0.1) is 0 Å². The van der Waals surface area contributed by atoms with Gasteiger partial charge >= 0.3 is 0 Å².